The highest BCUT2D eigenvalue weighted by Gasteiger charge is 2.42. The molecule has 1 aromatic carbocycles. The fourth-order valence-electron chi connectivity index (χ4n) is 4.27. The highest BCUT2D eigenvalue weighted by molar-refractivity contribution is 5.78. The third kappa shape index (κ3) is 11.1. The molecule has 0 radical (unpaired) electrons. The summed E-state index contributed by atoms with van der Waals surface area (Å²) in [7, 11) is 0. The van der Waals surface area contributed by atoms with Crippen LogP contribution < -0.4 is 0 Å². The highest BCUT2D eigenvalue weighted by atomic mass is 16.6. The van der Waals surface area contributed by atoms with Crippen molar-refractivity contribution in [3.8, 4) is 0 Å². The van der Waals surface area contributed by atoms with Gasteiger partial charge in [-0.15, -0.1) is 0 Å². The Kier molecular flexibility index (Phi) is 13.8. The zero-order valence-electron chi connectivity index (χ0n) is 20.1. The molecule has 1 heterocycles. The zero-order valence-corrected chi connectivity index (χ0v) is 20.1. The lowest BCUT2D eigenvalue weighted by Gasteiger charge is -2.36. The minimum absolute atomic E-state index is 0.100. The van der Waals surface area contributed by atoms with E-state index in [2.05, 4.69) is 31.2 Å². The van der Waals surface area contributed by atoms with Gasteiger partial charge in [0.15, 0.2) is 0 Å². The summed E-state index contributed by atoms with van der Waals surface area (Å²) >= 11 is 0. The number of carbonyl (C=O) groups excluding carboxylic acids is 1. The van der Waals surface area contributed by atoms with Crippen LogP contribution in [0.5, 0.6) is 0 Å². The number of esters is 1. The quantitative estimate of drug-likeness (QED) is 0.148. The van der Waals surface area contributed by atoms with Crippen LogP contribution in [0.1, 0.15) is 96.0 Å². The number of hydrogen-bond donors (Lipinski definition) is 1. The van der Waals surface area contributed by atoms with Crippen LogP contribution in [-0.2, 0) is 16.0 Å². The van der Waals surface area contributed by atoms with Crippen LogP contribution >= 0.6 is 0 Å². The van der Waals surface area contributed by atoms with Crippen molar-refractivity contribution in [2.45, 2.75) is 109 Å². The standard InChI is InChI=1S/C29H44O3/c1-2-3-4-5-6-7-8-9-10-11-12-13-14-15-19-22-26(30)24-28-27(29(31)32-28)23-25-20-17-16-18-21-25/h6-7,9-10,16-18,20-21,26-28,30H,2-5,8,11-15,19,22-24H2,1H3/t26-,27-,28-/m0/s1. The molecule has 1 fully saturated rings. The normalized spacial score (nSPS) is 19.4. The number of ether oxygens (including phenoxy) is 1. The van der Waals surface area contributed by atoms with E-state index in [1.807, 2.05) is 30.3 Å². The summed E-state index contributed by atoms with van der Waals surface area (Å²) in [5.41, 5.74) is 1.15. The summed E-state index contributed by atoms with van der Waals surface area (Å²) in [6.45, 7) is 2.24. The van der Waals surface area contributed by atoms with Crippen LogP contribution in [-0.4, -0.2) is 23.3 Å². The van der Waals surface area contributed by atoms with E-state index in [1.165, 1.54) is 57.8 Å². The van der Waals surface area contributed by atoms with Crippen LogP contribution in [0, 0.1) is 5.92 Å². The average Bonchev–Trinajstić information content (AvgIpc) is 2.80. The molecule has 0 spiro atoms. The minimum atomic E-state index is -0.371. The summed E-state index contributed by atoms with van der Waals surface area (Å²) < 4.78 is 5.31. The molecule has 3 atom stereocenters. The lowest BCUT2D eigenvalue weighted by atomic mass is 9.86. The van der Waals surface area contributed by atoms with Crippen LogP contribution in [0.4, 0.5) is 0 Å². The van der Waals surface area contributed by atoms with Gasteiger partial charge in [-0.25, -0.2) is 0 Å². The number of rotatable bonds is 18. The summed E-state index contributed by atoms with van der Waals surface area (Å²) in [5, 5.41) is 10.4. The topological polar surface area (TPSA) is 46.5 Å². The molecule has 3 heteroatoms. The van der Waals surface area contributed by atoms with Crippen molar-refractivity contribution in [3.63, 3.8) is 0 Å². The van der Waals surface area contributed by atoms with E-state index in [4.69, 9.17) is 4.74 Å². The Bertz CT molecular complexity index is 664. The monoisotopic (exact) mass is 440 g/mol. The minimum Gasteiger partial charge on any atom is -0.461 e. The predicted octanol–water partition coefficient (Wildman–Crippen LogP) is 7.34. The Labute approximate surface area is 196 Å². The van der Waals surface area contributed by atoms with E-state index in [0.717, 1.165) is 24.8 Å². The van der Waals surface area contributed by atoms with E-state index in [-0.39, 0.29) is 24.1 Å². The van der Waals surface area contributed by atoms with Gasteiger partial charge < -0.3 is 9.84 Å². The van der Waals surface area contributed by atoms with Crippen molar-refractivity contribution in [2.24, 2.45) is 5.92 Å². The van der Waals surface area contributed by atoms with Gasteiger partial charge in [0.25, 0.3) is 0 Å². The van der Waals surface area contributed by atoms with Crippen molar-refractivity contribution >= 4 is 5.97 Å². The van der Waals surface area contributed by atoms with Gasteiger partial charge in [-0.05, 0) is 50.5 Å². The Hall–Kier alpha value is -1.87. The molecule has 0 aliphatic carbocycles. The van der Waals surface area contributed by atoms with Crippen LogP contribution in [0.3, 0.4) is 0 Å². The molecule has 0 aromatic heterocycles. The molecule has 1 aliphatic rings. The van der Waals surface area contributed by atoms with E-state index in [1.54, 1.807) is 0 Å². The SMILES string of the molecule is CCCCCC=CCC=CCCCCCCC[C@H](O)C[C@@H]1OC(=O)[C@H]1Cc1ccccc1. The summed E-state index contributed by atoms with van der Waals surface area (Å²) in [4.78, 5) is 11.8. The average molecular weight is 441 g/mol. The number of carbonyl (C=O) groups is 1. The third-order valence-corrected chi connectivity index (χ3v) is 6.31. The number of hydrogen-bond acceptors (Lipinski definition) is 3. The molecule has 0 unspecified atom stereocenters. The maximum atomic E-state index is 11.8. The molecule has 1 N–H and O–H groups in total. The predicted molar refractivity (Wildman–Crippen MR) is 133 cm³/mol. The molecule has 1 saturated heterocycles. The van der Waals surface area contributed by atoms with Crippen molar-refractivity contribution in [1.82, 2.24) is 0 Å². The van der Waals surface area contributed by atoms with E-state index >= 15 is 0 Å². The third-order valence-electron chi connectivity index (χ3n) is 6.31. The summed E-state index contributed by atoms with van der Waals surface area (Å²) in [5.74, 6) is -0.222. The smallest absolute Gasteiger partial charge is 0.313 e. The van der Waals surface area contributed by atoms with Crippen LogP contribution in [0.15, 0.2) is 54.6 Å². The first kappa shape index (κ1) is 26.4. The number of aliphatic hydroxyl groups is 1. The second-order valence-corrected chi connectivity index (χ2v) is 9.18. The second-order valence-electron chi connectivity index (χ2n) is 9.18. The van der Waals surface area contributed by atoms with E-state index < -0.39 is 0 Å². The summed E-state index contributed by atoms with van der Waals surface area (Å²) in [6.07, 6.45) is 24.1. The summed E-state index contributed by atoms with van der Waals surface area (Å²) in [6, 6.07) is 10.1. The van der Waals surface area contributed by atoms with Gasteiger partial charge in [0, 0.05) is 6.42 Å². The van der Waals surface area contributed by atoms with E-state index in [9.17, 15) is 9.90 Å². The molecular formula is C29H44O3. The van der Waals surface area contributed by atoms with Crippen LogP contribution in [0.2, 0.25) is 0 Å². The van der Waals surface area contributed by atoms with E-state index in [0.29, 0.717) is 12.8 Å². The van der Waals surface area contributed by atoms with Crippen molar-refractivity contribution in [2.75, 3.05) is 0 Å². The van der Waals surface area contributed by atoms with Gasteiger partial charge in [-0.1, -0.05) is 100 Å². The molecule has 0 bridgehead atoms. The molecule has 1 aromatic rings. The largest absolute Gasteiger partial charge is 0.461 e. The maximum absolute atomic E-state index is 11.8. The Morgan fingerprint density at radius 2 is 1.56 bits per heavy atom. The van der Waals surface area contributed by atoms with Gasteiger partial charge in [-0.2, -0.15) is 0 Å². The number of aliphatic hydroxyl groups excluding tert-OH is 1. The lowest BCUT2D eigenvalue weighted by molar-refractivity contribution is -0.187. The van der Waals surface area contributed by atoms with Gasteiger partial charge in [0.2, 0.25) is 0 Å². The van der Waals surface area contributed by atoms with Gasteiger partial charge in [0.1, 0.15) is 6.10 Å². The fraction of sp³-hybridized carbons (Fsp3) is 0.621. The molecule has 32 heavy (non-hydrogen) atoms. The molecule has 3 nitrogen and oxygen atoms in total. The van der Waals surface area contributed by atoms with Gasteiger partial charge >= 0.3 is 5.97 Å². The molecule has 0 saturated carbocycles. The second kappa shape index (κ2) is 16.7. The molecule has 1 aliphatic heterocycles. The Morgan fingerprint density at radius 1 is 0.906 bits per heavy atom. The molecule has 178 valence electrons. The number of allylic oxidation sites excluding steroid dienone is 4. The zero-order chi connectivity index (χ0) is 22.9. The van der Waals surface area contributed by atoms with Crippen molar-refractivity contribution in [1.29, 1.82) is 0 Å². The lowest BCUT2D eigenvalue weighted by Crippen LogP contribution is -2.47. The Morgan fingerprint density at radius 3 is 2.25 bits per heavy atom. The first-order valence-corrected chi connectivity index (χ1v) is 12.9. The fourth-order valence-corrected chi connectivity index (χ4v) is 4.27. The van der Waals surface area contributed by atoms with Crippen molar-refractivity contribution < 1.29 is 14.6 Å². The number of cyclic esters (lactones) is 1. The number of benzene rings is 1. The Balaban J connectivity index is 1.43. The molecule has 0 amide bonds. The van der Waals surface area contributed by atoms with Crippen molar-refractivity contribution in [3.05, 3.63) is 60.2 Å². The highest BCUT2D eigenvalue weighted by Crippen LogP contribution is 2.30. The van der Waals surface area contributed by atoms with Crippen LogP contribution in [0.25, 0.3) is 0 Å². The van der Waals surface area contributed by atoms with Gasteiger partial charge in [0.05, 0.1) is 12.0 Å². The molecule has 2 rings (SSSR count). The van der Waals surface area contributed by atoms with Gasteiger partial charge in [-0.3, -0.25) is 4.79 Å². The first-order valence-electron chi connectivity index (χ1n) is 12.9. The molecular weight excluding hydrogens is 396 g/mol. The maximum Gasteiger partial charge on any atom is 0.313 e. The first-order chi connectivity index (χ1) is 15.7. The number of unbranched alkanes of at least 4 members (excludes halogenated alkanes) is 8.